The maximum atomic E-state index is 12.1. The molecule has 0 saturated heterocycles. The molecule has 0 heterocycles. The van der Waals surface area contributed by atoms with Gasteiger partial charge in [0.05, 0.1) is 5.69 Å². The summed E-state index contributed by atoms with van der Waals surface area (Å²) in [6, 6.07) is 30.0. The third-order valence-corrected chi connectivity index (χ3v) is 5.61. The highest BCUT2D eigenvalue weighted by Crippen LogP contribution is 2.42. The van der Waals surface area contributed by atoms with Gasteiger partial charge in [0.25, 0.3) is 0 Å². The van der Waals surface area contributed by atoms with Gasteiger partial charge in [-0.1, -0.05) is 85.3 Å². The number of nitrogens with zero attached hydrogens (tertiary/aromatic N) is 1. The van der Waals surface area contributed by atoms with Crippen LogP contribution in [0.1, 0.15) is 36.8 Å². The average molecular weight is 370 g/mol. The maximum absolute atomic E-state index is 12.1. The quantitative estimate of drug-likeness (QED) is 0.576. The van der Waals surface area contributed by atoms with E-state index in [1.807, 2.05) is 91.0 Å². The second-order valence-corrected chi connectivity index (χ2v) is 7.38. The molecule has 0 aliphatic heterocycles. The largest absolute Gasteiger partial charge is 0.380 e. The van der Waals surface area contributed by atoms with Crippen LogP contribution in [-0.2, 0) is 5.60 Å². The zero-order valence-corrected chi connectivity index (χ0v) is 16.0. The fourth-order valence-electron chi connectivity index (χ4n) is 4.18. The standard InChI is InChI=1S/C25H26N2O/c28-25(20-12-4-1-5-13-20,21-14-6-2-7-15-21)23-18-10-11-19-24(23)27-26-22-16-8-3-9-17-22/h1-9,12-17,23,26,28H,10-11,18-19H2/b27-24+. The van der Waals surface area contributed by atoms with Gasteiger partial charge >= 0.3 is 0 Å². The van der Waals surface area contributed by atoms with E-state index in [1.165, 1.54) is 0 Å². The summed E-state index contributed by atoms with van der Waals surface area (Å²) in [6.45, 7) is 0. The van der Waals surface area contributed by atoms with Crippen LogP contribution in [0.2, 0.25) is 0 Å². The van der Waals surface area contributed by atoms with E-state index in [0.717, 1.165) is 48.2 Å². The van der Waals surface area contributed by atoms with Gasteiger partial charge in [0.1, 0.15) is 5.60 Å². The van der Waals surface area contributed by atoms with Crippen LogP contribution in [0.5, 0.6) is 0 Å². The number of nitrogens with one attached hydrogen (secondary N) is 1. The fraction of sp³-hybridized carbons (Fsp3) is 0.240. The first-order chi connectivity index (χ1) is 13.8. The molecule has 0 bridgehead atoms. The molecule has 3 nitrogen and oxygen atoms in total. The third-order valence-electron chi connectivity index (χ3n) is 5.61. The summed E-state index contributed by atoms with van der Waals surface area (Å²) in [5.74, 6) is -0.0673. The Labute approximate surface area is 166 Å². The van der Waals surface area contributed by atoms with Crippen molar-refractivity contribution in [2.75, 3.05) is 5.43 Å². The van der Waals surface area contributed by atoms with Gasteiger partial charge in [-0.25, -0.2) is 0 Å². The number of aliphatic hydroxyl groups is 1. The van der Waals surface area contributed by atoms with Crippen molar-refractivity contribution in [2.24, 2.45) is 11.0 Å². The summed E-state index contributed by atoms with van der Waals surface area (Å²) in [4.78, 5) is 0. The van der Waals surface area contributed by atoms with Gasteiger partial charge in [-0.2, -0.15) is 5.10 Å². The SMILES string of the molecule is OC(c1ccccc1)(c1ccccc1)C1CCCC/C1=N\Nc1ccccc1. The molecular formula is C25H26N2O. The van der Waals surface area contributed by atoms with Gasteiger partial charge in [0.2, 0.25) is 0 Å². The van der Waals surface area contributed by atoms with Crippen LogP contribution in [0, 0.1) is 5.92 Å². The number of hydrazone groups is 1. The van der Waals surface area contributed by atoms with Crippen molar-refractivity contribution in [2.45, 2.75) is 31.3 Å². The summed E-state index contributed by atoms with van der Waals surface area (Å²) in [5.41, 5.74) is 5.93. The number of para-hydroxylation sites is 1. The minimum absolute atomic E-state index is 0.0673. The number of hydrogen-bond donors (Lipinski definition) is 2. The van der Waals surface area contributed by atoms with Crippen molar-refractivity contribution in [3.63, 3.8) is 0 Å². The molecule has 4 rings (SSSR count). The molecule has 142 valence electrons. The molecule has 3 aromatic carbocycles. The van der Waals surface area contributed by atoms with E-state index in [0.29, 0.717) is 0 Å². The van der Waals surface area contributed by atoms with Gasteiger partial charge in [0.15, 0.2) is 0 Å². The number of benzene rings is 3. The van der Waals surface area contributed by atoms with Crippen LogP contribution in [0.25, 0.3) is 0 Å². The lowest BCUT2D eigenvalue weighted by Gasteiger charge is -2.40. The molecule has 0 aromatic heterocycles. The second kappa shape index (κ2) is 8.41. The summed E-state index contributed by atoms with van der Waals surface area (Å²) in [5, 5.41) is 16.9. The molecule has 0 radical (unpaired) electrons. The molecule has 3 aromatic rings. The van der Waals surface area contributed by atoms with Gasteiger partial charge in [-0.3, -0.25) is 5.43 Å². The van der Waals surface area contributed by atoms with E-state index in [-0.39, 0.29) is 5.92 Å². The first kappa shape index (κ1) is 18.5. The van der Waals surface area contributed by atoms with Crippen molar-refractivity contribution < 1.29 is 5.11 Å². The normalized spacial score (nSPS) is 18.8. The topological polar surface area (TPSA) is 44.6 Å². The van der Waals surface area contributed by atoms with Gasteiger partial charge in [-0.15, -0.1) is 0 Å². The predicted molar refractivity (Wildman–Crippen MR) is 115 cm³/mol. The first-order valence-electron chi connectivity index (χ1n) is 9.99. The van der Waals surface area contributed by atoms with E-state index in [4.69, 9.17) is 5.10 Å². The van der Waals surface area contributed by atoms with E-state index >= 15 is 0 Å². The molecule has 0 spiro atoms. The Bertz CT molecular complexity index is 868. The highest BCUT2D eigenvalue weighted by Gasteiger charge is 2.43. The van der Waals surface area contributed by atoms with Crippen molar-refractivity contribution in [1.82, 2.24) is 0 Å². The molecule has 2 N–H and O–H groups in total. The molecule has 3 heteroatoms. The lowest BCUT2D eigenvalue weighted by molar-refractivity contribution is 0.0364. The van der Waals surface area contributed by atoms with Gasteiger partial charge < -0.3 is 5.11 Å². The summed E-state index contributed by atoms with van der Waals surface area (Å²) < 4.78 is 0. The molecule has 28 heavy (non-hydrogen) atoms. The van der Waals surface area contributed by atoms with Gasteiger partial charge in [0, 0.05) is 11.6 Å². The minimum atomic E-state index is -1.10. The Morgan fingerprint density at radius 2 is 1.29 bits per heavy atom. The molecule has 1 fully saturated rings. The lowest BCUT2D eigenvalue weighted by atomic mass is 9.69. The Morgan fingerprint density at radius 3 is 1.86 bits per heavy atom. The number of anilines is 1. The maximum Gasteiger partial charge on any atom is 0.123 e. The fourth-order valence-corrected chi connectivity index (χ4v) is 4.18. The summed E-state index contributed by atoms with van der Waals surface area (Å²) in [7, 11) is 0. The van der Waals surface area contributed by atoms with Crippen LogP contribution < -0.4 is 5.43 Å². The molecule has 1 aliphatic rings. The van der Waals surface area contributed by atoms with Crippen LogP contribution in [-0.4, -0.2) is 10.8 Å². The Balaban J connectivity index is 1.75. The van der Waals surface area contributed by atoms with Crippen molar-refractivity contribution in [1.29, 1.82) is 0 Å². The van der Waals surface area contributed by atoms with Crippen LogP contribution in [0.15, 0.2) is 96.1 Å². The van der Waals surface area contributed by atoms with Crippen LogP contribution >= 0.6 is 0 Å². The van der Waals surface area contributed by atoms with E-state index in [2.05, 4.69) is 5.43 Å². The lowest BCUT2D eigenvalue weighted by Crippen LogP contribution is -2.42. The van der Waals surface area contributed by atoms with E-state index in [9.17, 15) is 5.11 Å². The number of hydrogen-bond acceptors (Lipinski definition) is 3. The summed E-state index contributed by atoms with van der Waals surface area (Å²) in [6.07, 6.45) is 4.00. The highest BCUT2D eigenvalue weighted by atomic mass is 16.3. The van der Waals surface area contributed by atoms with Crippen LogP contribution in [0.4, 0.5) is 5.69 Å². The monoisotopic (exact) mass is 370 g/mol. The Kier molecular flexibility index (Phi) is 5.54. The minimum Gasteiger partial charge on any atom is -0.380 e. The highest BCUT2D eigenvalue weighted by molar-refractivity contribution is 5.89. The van der Waals surface area contributed by atoms with Crippen molar-refractivity contribution in [3.8, 4) is 0 Å². The Morgan fingerprint density at radius 1 is 0.750 bits per heavy atom. The summed E-state index contributed by atoms with van der Waals surface area (Å²) >= 11 is 0. The molecule has 1 aliphatic carbocycles. The Hall–Kier alpha value is -2.91. The van der Waals surface area contributed by atoms with Crippen molar-refractivity contribution in [3.05, 3.63) is 102 Å². The average Bonchev–Trinajstić information content (AvgIpc) is 2.79. The zero-order valence-electron chi connectivity index (χ0n) is 16.0. The molecular weight excluding hydrogens is 344 g/mol. The zero-order chi connectivity index (χ0) is 19.2. The third kappa shape index (κ3) is 3.71. The molecule has 0 amide bonds. The first-order valence-corrected chi connectivity index (χ1v) is 9.99. The molecule has 1 unspecified atom stereocenters. The van der Waals surface area contributed by atoms with Gasteiger partial charge in [-0.05, 0) is 42.5 Å². The predicted octanol–water partition coefficient (Wildman–Crippen LogP) is 5.58. The van der Waals surface area contributed by atoms with Crippen LogP contribution in [0.3, 0.4) is 0 Å². The molecule has 1 atom stereocenters. The molecule has 1 saturated carbocycles. The van der Waals surface area contributed by atoms with E-state index < -0.39 is 5.60 Å². The van der Waals surface area contributed by atoms with E-state index in [1.54, 1.807) is 0 Å². The smallest absolute Gasteiger partial charge is 0.123 e. The second-order valence-electron chi connectivity index (χ2n) is 7.38. The van der Waals surface area contributed by atoms with Crippen molar-refractivity contribution >= 4 is 11.4 Å². The number of rotatable bonds is 5.